The van der Waals surface area contributed by atoms with Crippen molar-refractivity contribution in [3.63, 3.8) is 0 Å². The molecule has 2 N–H and O–H groups in total. The van der Waals surface area contributed by atoms with Crippen molar-refractivity contribution in [3.05, 3.63) is 29.8 Å². The van der Waals surface area contributed by atoms with E-state index in [4.69, 9.17) is 5.11 Å². The molecule has 2 aliphatic heterocycles. The van der Waals surface area contributed by atoms with Crippen molar-refractivity contribution in [1.29, 1.82) is 0 Å². The zero-order chi connectivity index (χ0) is 16.4. The summed E-state index contributed by atoms with van der Waals surface area (Å²) < 4.78 is 0. The van der Waals surface area contributed by atoms with Gasteiger partial charge in [0, 0.05) is 25.3 Å². The van der Waals surface area contributed by atoms with Crippen LogP contribution in [0.3, 0.4) is 0 Å². The first-order valence-electron chi connectivity index (χ1n) is 7.70. The lowest BCUT2D eigenvalue weighted by molar-refractivity contribution is -0.141. The van der Waals surface area contributed by atoms with E-state index in [1.807, 2.05) is 24.3 Å². The average molecular weight is 317 g/mol. The Hall–Kier alpha value is -2.57. The molecule has 1 fully saturated rings. The van der Waals surface area contributed by atoms with E-state index >= 15 is 0 Å². The van der Waals surface area contributed by atoms with Crippen molar-refractivity contribution in [1.82, 2.24) is 10.2 Å². The van der Waals surface area contributed by atoms with Crippen LogP contribution in [0.2, 0.25) is 0 Å². The summed E-state index contributed by atoms with van der Waals surface area (Å²) in [6.07, 6.45) is 1.28. The largest absolute Gasteiger partial charge is 0.481 e. The van der Waals surface area contributed by atoms with Crippen LogP contribution in [0.15, 0.2) is 24.3 Å². The van der Waals surface area contributed by atoms with Gasteiger partial charge in [-0.3, -0.25) is 9.59 Å². The van der Waals surface area contributed by atoms with E-state index in [2.05, 4.69) is 5.32 Å². The third-order valence-corrected chi connectivity index (χ3v) is 4.40. The number of carbonyl (C=O) groups excluding carboxylic acids is 2. The molecular weight excluding hydrogens is 298 g/mol. The molecule has 1 aromatic carbocycles. The number of para-hydroxylation sites is 1. The third-order valence-electron chi connectivity index (χ3n) is 4.40. The van der Waals surface area contributed by atoms with Gasteiger partial charge in [-0.15, -0.1) is 0 Å². The Bertz CT molecular complexity index is 646. The van der Waals surface area contributed by atoms with E-state index in [9.17, 15) is 14.4 Å². The maximum atomic E-state index is 12.3. The number of amides is 3. The number of aliphatic carboxylic acids is 1. The summed E-state index contributed by atoms with van der Waals surface area (Å²) in [6.45, 7) is 1.14. The Morgan fingerprint density at radius 1 is 1.22 bits per heavy atom. The van der Waals surface area contributed by atoms with Crippen LogP contribution in [0.5, 0.6) is 0 Å². The lowest BCUT2D eigenvalue weighted by Gasteiger charge is -2.20. The lowest BCUT2D eigenvalue weighted by atomic mass is 10.1. The highest BCUT2D eigenvalue weighted by Gasteiger charge is 2.31. The summed E-state index contributed by atoms with van der Waals surface area (Å²) in [5.74, 6) is -1.55. The number of fused-ring (bicyclic) bond motifs is 1. The second-order valence-electron chi connectivity index (χ2n) is 5.85. The molecule has 0 saturated carbocycles. The Morgan fingerprint density at radius 3 is 2.74 bits per heavy atom. The van der Waals surface area contributed by atoms with Crippen molar-refractivity contribution in [2.45, 2.75) is 12.8 Å². The van der Waals surface area contributed by atoms with Crippen molar-refractivity contribution in [3.8, 4) is 0 Å². The summed E-state index contributed by atoms with van der Waals surface area (Å²) in [4.78, 5) is 38.4. The standard InChI is InChI=1S/C16H19N3O4/c20-14(19-8-6-11-3-1-2-4-13(11)19)9-17-16(23)18-7-5-12(10-18)15(21)22/h1-4,12H,5-10H2,(H,17,23)(H,21,22). The number of benzene rings is 1. The van der Waals surface area contributed by atoms with E-state index in [0.29, 0.717) is 19.5 Å². The van der Waals surface area contributed by atoms with Crippen LogP contribution in [0.1, 0.15) is 12.0 Å². The minimum atomic E-state index is -0.884. The number of carboxylic acids is 1. The number of nitrogens with one attached hydrogen (secondary N) is 1. The van der Waals surface area contributed by atoms with Gasteiger partial charge in [0.2, 0.25) is 5.91 Å². The number of hydrogen-bond acceptors (Lipinski definition) is 3. The first kappa shape index (κ1) is 15.3. The first-order valence-corrected chi connectivity index (χ1v) is 7.70. The molecule has 0 spiro atoms. The molecule has 0 aliphatic carbocycles. The molecule has 1 atom stereocenters. The zero-order valence-electron chi connectivity index (χ0n) is 12.7. The van der Waals surface area contributed by atoms with Crippen LogP contribution < -0.4 is 10.2 Å². The maximum absolute atomic E-state index is 12.3. The third kappa shape index (κ3) is 3.13. The highest BCUT2D eigenvalue weighted by Crippen LogP contribution is 2.27. The quantitative estimate of drug-likeness (QED) is 0.858. The molecule has 3 amide bonds. The van der Waals surface area contributed by atoms with Crippen LogP contribution in [0, 0.1) is 5.92 Å². The Balaban J connectivity index is 1.52. The summed E-state index contributed by atoms with van der Waals surface area (Å²) >= 11 is 0. The molecule has 7 nitrogen and oxygen atoms in total. The predicted molar refractivity (Wildman–Crippen MR) is 83.2 cm³/mol. The smallest absolute Gasteiger partial charge is 0.317 e. The molecule has 7 heteroatoms. The van der Waals surface area contributed by atoms with Crippen molar-refractivity contribution >= 4 is 23.6 Å². The number of rotatable bonds is 3. The molecule has 1 saturated heterocycles. The second kappa shape index (κ2) is 6.28. The molecule has 1 unspecified atom stereocenters. The SMILES string of the molecule is O=C(O)C1CCN(C(=O)NCC(=O)N2CCc3ccccc32)C1. The van der Waals surface area contributed by atoms with Gasteiger partial charge in [-0.1, -0.05) is 18.2 Å². The Kier molecular flexibility index (Phi) is 4.18. The summed E-state index contributed by atoms with van der Waals surface area (Å²) in [6, 6.07) is 7.35. The Morgan fingerprint density at radius 2 is 2.00 bits per heavy atom. The van der Waals surface area contributed by atoms with E-state index in [0.717, 1.165) is 17.7 Å². The van der Waals surface area contributed by atoms with Gasteiger partial charge < -0.3 is 20.2 Å². The number of likely N-dealkylation sites (tertiary alicyclic amines) is 1. The predicted octanol–water partition coefficient (Wildman–Crippen LogP) is 0.692. The number of anilines is 1. The molecule has 0 aromatic heterocycles. The first-order chi connectivity index (χ1) is 11.1. The number of nitrogens with zero attached hydrogens (tertiary/aromatic N) is 2. The van der Waals surface area contributed by atoms with E-state index in [1.165, 1.54) is 4.90 Å². The maximum Gasteiger partial charge on any atom is 0.317 e. The fourth-order valence-corrected chi connectivity index (χ4v) is 3.10. The van der Waals surface area contributed by atoms with E-state index in [1.54, 1.807) is 4.90 Å². The van der Waals surface area contributed by atoms with Crippen LogP contribution in [-0.2, 0) is 16.0 Å². The lowest BCUT2D eigenvalue weighted by Crippen LogP contribution is -2.44. The molecule has 0 radical (unpaired) electrons. The molecule has 2 heterocycles. The van der Waals surface area contributed by atoms with Crippen molar-refractivity contribution in [2.24, 2.45) is 5.92 Å². The molecule has 1 aromatic rings. The van der Waals surface area contributed by atoms with Gasteiger partial charge in [-0.05, 0) is 24.5 Å². The number of urea groups is 1. The van der Waals surface area contributed by atoms with Crippen LogP contribution >= 0.6 is 0 Å². The molecule has 3 rings (SSSR count). The summed E-state index contributed by atoms with van der Waals surface area (Å²) in [5.41, 5.74) is 2.04. The monoisotopic (exact) mass is 317 g/mol. The van der Waals surface area contributed by atoms with Crippen LogP contribution in [0.25, 0.3) is 0 Å². The van der Waals surface area contributed by atoms with E-state index in [-0.39, 0.29) is 25.0 Å². The van der Waals surface area contributed by atoms with Gasteiger partial charge in [-0.25, -0.2) is 4.79 Å². The van der Waals surface area contributed by atoms with Gasteiger partial charge >= 0.3 is 12.0 Å². The average Bonchev–Trinajstić information content (AvgIpc) is 3.19. The normalized spacial score (nSPS) is 19.6. The van der Waals surface area contributed by atoms with Gasteiger partial charge in [0.25, 0.3) is 0 Å². The highest BCUT2D eigenvalue weighted by atomic mass is 16.4. The molecular formula is C16H19N3O4. The van der Waals surface area contributed by atoms with E-state index < -0.39 is 11.9 Å². The summed E-state index contributed by atoms with van der Waals surface area (Å²) in [7, 11) is 0. The molecule has 2 aliphatic rings. The van der Waals surface area contributed by atoms with Crippen molar-refractivity contribution < 1.29 is 19.5 Å². The fourth-order valence-electron chi connectivity index (χ4n) is 3.10. The fraction of sp³-hybridized carbons (Fsp3) is 0.438. The second-order valence-corrected chi connectivity index (χ2v) is 5.85. The minimum absolute atomic E-state index is 0.0819. The van der Waals surface area contributed by atoms with Gasteiger partial charge in [0.15, 0.2) is 0 Å². The number of carbonyl (C=O) groups is 3. The molecule has 122 valence electrons. The van der Waals surface area contributed by atoms with Gasteiger partial charge in [-0.2, -0.15) is 0 Å². The molecule has 23 heavy (non-hydrogen) atoms. The number of carboxylic acid groups (broad SMARTS) is 1. The number of hydrogen-bond donors (Lipinski definition) is 2. The highest BCUT2D eigenvalue weighted by molar-refractivity contribution is 5.98. The summed E-state index contributed by atoms with van der Waals surface area (Å²) in [5, 5.41) is 11.5. The topological polar surface area (TPSA) is 90.0 Å². The zero-order valence-corrected chi connectivity index (χ0v) is 12.7. The molecule has 0 bridgehead atoms. The van der Waals surface area contributed by atoms with Crippen molar-refractivity contribution in [2.75, 3.05) is 31.1 Å². The van der Waals surface area contributed by atoms with Gasteiger partial charge in [0.05, 0.1) is 12.5 Å². The Labute approximate surface area is 133 Å². The van der Waals surface area contributed by atoms with Crippen LogP contribution in [0.4, 0.5) is 10.5 Å². The van der Waals surface area contributed by atoms with Crippen LogP contribution in [-0.4, -0.2) is 54.1 Å². The minimum Gasteiger partial charge on any atom is -0.481 e. The van der Waals surface area contributed by atoms with Gasteiger partial charge in [0.1, 0.15) is 0 Å².